The lowest BCUT2D eigenvalue weighted by molar-refractivity contribution is -0.0979. The number of carbonyl (C=O) groups is 1. The molecule has 0 saturated heterocycles. The summed E-state index contributed by atoms with van der Waals surface area (Å²) in [5.74, 6) is 0.452. The van der Waals surface area contributed by atoms with Crippen LogP contribution in [-0.2, 0) is 11.2 Å². The SMILES string of the molecule is C=O.CCCCCCCCCc1ccccc1O.CCNCC. The fourth-order valence-corrected chi connectivity index (χ4v) is 2.24. The number of aryl methyl sites for hydroxylation is 1. The topological polar surface area (TPSA) is 49.3 Å². The summed E-state index contributed by atoms with van der Waals surface area (Å²) in [5.41, 5.74) is 1.09. The third-order valence-corrected chi connectivity index (χ3v) is 3.54. The molecule has 1 aromatic rings. The number of carbonyl (C=O) groups excluding carboxylic acids is 1. The van der Waals surface area contributed by atoms with Crippen molar-refractivity contribution in [3.8, 4) is 5.75 Å². The van der Waals surface area contributed by atoms with E-state index in [4.69, 9.17) is 4.79 Å². The van der Waals surface area contributed by atoms with E-state index >= 15 is 0 Å². The Bertz CT molecular complexity index is 340. The highest BCUT2D eigenvalue weighted by molar-refractivity contribution is 5.31. The molecule has 0 aliphatic carbocycles. The number of unbranched alkanes of at least 4 members (excludes halogenated alkanes) is 6. The van der Waals surface area contributed by atoms with Crippen molar-refractivity contribution in [3.05, 3.63) is 29.8 Å². The van der Waals surface area contributed by atoms with Gasteiger partial charge in [-0.25, -0.2) is 0 Å². The van der Waals surface area contributed by atoms with E-state index in [1.165, 1.54) is 44.9 Å². The van der Waals surface area contributed by atoms with Gasteiger partial charge < -0.3 is 15.2 Å². The number of aromatic hydroxyl groups is 1. The van der Waals surface area contributed by atoms with Crippen LogP contribution < -0.4 is 5.32 Å². The molecule has 2 N–H and O–H groups in total. The first-order valence-electron chi connectivity index (χ1n) is 9.02. The summed E-state index contributed by atoms with van der Waals surface area (Å²) in [5, 5.41) is 12.7. The Hall–Kier alpha value is -1.35. The average molecular weight is 324 g/mol. The molecule has 134 valence electrons. The van der Waals surface area contributed by atoms with E-state index in [2.05, 4.69) is 26.1 Å². The van der Waals surface area contributed by atoms with E-state index in [0.29, 0.717) is 5.75 Å². The van der Waals surface area contributed by atoms with Crippen LogP contribution in [0.4, 0.5) is 0 Å². The number of rotatable bonds is 10. The van der Waals surface area contributed by atoms with Gasteiger partial charge in [0.1, 0.15) is 12.5 Å². The second-order valence-electron chi connectivity index (χ2n) is 5.46. The van der Waals surface area contributed by atoms with Gasteiger partial charge in [-0.2, -0.15) is 0 Å². The molecular formula is C20H37NO2. The third-order valence-electron chi connectivity index (χ3n) is 3.54. The van der Waals surface area contributed by atoms with Crippen LogP contribution in [0.15, 0.2) is 24.3 Å². The van der Waals surface area contributed by atoms with Gasteiger partial charge in [0, 0.05) is 0 Å². The molecule has 0 spiro atoms. The van der Waals surface area contributed by atoms with Gasteiger partial charge in [-0.1, -0.05) is 77.5 Å². The Morgan fingerprint density at radius 2 is 1.39 bits per heavy atom. The lowest BCUT2D eigenvalue weighted by Gasteiger charge is -2.04. The predicted octanol–water partition coefficient (Wildman–Crippen LogP) is 5.12. The maximum absolute atomic E-state index is 9.58. The van der Waals surface area contributed by atoms with Gasteiger partial charge in [0.25, 0.3) is 0 Å². The lowest BCUT2D eigenvalue weighted by atomic mass is 10.0. The zero-order valence-electron chi connectivity index (χ0n) is 15.4. The summed E-state index contributed by atoms with van der Waals surface area (Å²) in [7, 11) is 0. The molecule has 1 rings (SSSR count). The third kappa shape index (κ3) is 16.8. The summed E-state index contributed by atoms with van der Waals surface area (Å²) in [6.07, 6.45) is 10.3. The fraction of sp³-hybridized carbons (Fsp3) is 0.650. The van der Waals surface area contributed by atoms with E-state index in [0.717, 1.165) is 25.1 Å². The number of hydrogen-bond donors (Lipinski definition) is 2. The molecule has 0 aliphatic heterocycles. The van der Waals surface area contributed by atoms with E-state index in [1.54, 1.807) is 6.07 Å². The van der Waals surface area contributed by atoms with Crippen LogP contribution in [0.2, 0.25) is 0 Å². The van der Waals surface area contributed by atoms with Crippen LogP contribution in [-0.4, -0.2) is 25.0 Å². The highest BCUT2D eigenvalue weighted by Crippen LogP contribution is 2.18. The van der Waals surface area contributed by atoms with Crippen molar-refractivity contribution in [1.29, 1.82) is 0 Å². The molecule has 0 bridgehead atoms. The first-order chi connectivity index (χ1) is 11.3. The molecule has 0 radical (unpaired) electrons. The molecular weight excluding hydrogens is 286 g/mol. The Balaban J connectivity index is 0. The number of phenolic OH excluding ortho intramolecular Hbond substituents is 1. The second-order valence-corrected chi connectivity index (χ2v) is 5.46. The Kier molecular flexibility index (Phi) is 21.5. The number of nitrogens with one attached hydrogen (secondary N) is 1. The maximum Gasteiger partial charge on any atom is 0.118 e. The molecule has 1 aromatic carbocycles. The van der Waals surface area contributed by atoms with E-state index in [9.17, 15) is 5.11 Å². The summed E-state index contributed by atoms with van der Waals surface area (Å²) in [4.78, 5) is 8.00. The van der Waals surface area contributed by atoms with Crippen molar-refractivity contribution >= 4 is 6.79 Å². The number of phenols is 1. The molecule has 3 nitrogen and oxygen atoms in total. The van der Waals surface area contributed by atoms with Crippen molar-refractivity contribution in [2.45, 2.75) is 72.1 Å². The summed E-state index contributed by atoms with van der Waals surface area (Å²) in [6, 6.07) is 7.67. The molecule has 3 heteroatoms. The molecule has 0 amide bonds. The zero-order chi connectivity index (χ0) is 17.8. The van der Waals surface area contributed by atoms with Crippen LogP contribution in [0.3, 0.4) is 0 Å². The molecule has 0 atom stereocenters. The molecule has 0 saturated carbocycles. The lowest BCUT2D eigenvalue weighted by Crippen LogP contribution is -2.09. The minimum Gasteiger partial charge on any atom is -0.508 e. The molecule has 0 fully saturated rings. The molecule has 23 heavy (non-hydrogen) atoms. The monoisotopic (exact) mass is 323 g/mol. The van der Waals surface area contributed by atoms with Gasteiger partial charge in [0.05, 0.1) is 0 Å². The highest BCUT2D eigenvalue weighted by Gasteiger charge is 1.98. The smallest absolute Gasteiger partial charge is 0.118 e. The minimum absolute atomic E-state index is 0.452. The molecule has 0 unspecified atom stereocenters. The van der Waals surface area contributed by atoms with Crippen LogP contribution in [0.25, 0.3) is 0 Å². The molecule has 0 aliphatic rings. The van der Waals surface area contributed by atoms with Crippen LogP contribution in [0.5, 0.6) is 5.75 Å². The van der Waals surface area contributed by atoms with Crippen molar-refractivity contribution in [2.75, 3.05) is 13.1 Å². The summed E-state index contributed by atoms with van der Waals surface area (Å²) < 4.78 is 0. The Labute approximate surface area is 143 Å². The standard InChI is InChI=1S/C15H24O.C4H11N.CH2O/c1-2-3-4-5-6-7-8-11-14-12-9-10-13-15(14)16;1-3-5-4-2;1-2/h9-10,12-13,16H,2-8,11H2,1H3;5H,3-4H2,1-2H3;1H2. The zero-order valence-corrected chi connectivity index (χ0v) is 15.4. The first-order valence-corrected chi connectivity index (χ1v) is 9.02. The highest BCUT2D eigenvalue weighted by atomic mass is 16.3. The van der Waals surface area contributed by atoms with Gasteiger partial charge in [0.2, 0.25) is 0 Å². The average Bonchev–Trinajstić information content (AvgIpc) is 2.59. The number of hydrogen-bond acceptors (Lipinski definition) is 3. The van der Waals surface area contributed by atoms with Crippen LogP contribution >= 0.6 is 0 Å². The Morgan fingerprint density at radius 3 is 1.87 bits per heavy atom. The van der Waals surface area contributed by atoms with Crippen LogP contribution in [0.1, 0.15) is 71.3 Å². The van der Waals surface area contributed by atoms with Crippen molar-refractivity contribution in [2.24, 2.45) is 0 Å². The van der Waals surface area contributed by atoms with Gasteiger partial charge in [-0.3, -0.25) is 0 Å². The molecule has 0 heterocycles. The van der Waals surface area contributed by atoms with Crippen molar-refractivity contribution in [3.63, 3.8) is 0 Å². The first kappa shape index (κ1) is 23.9. The number of benzene rings is 1. The normalized spacial score (nSPS) is 9.35. The summed E-state index contributed by atoms with van der Waals surface area (Å²) in [6.45, 7) is 10.6. The van der Waals surface area contributed by atoms with E-state index in [-0.39, 0.29) is 0 Å². The van der Waals surface area contributed by atoms with Gasteiger partial charge >= 0.3 is 0 Å². The summed E-state index contributed by atoms with van der Waals surface area (Å²) >= 11 is 0. The second kappa shape index (κ2) is 20.6. The van der Waals surface area contributed by atoms with Gasteiger partial charge in [0.15, 0.2) is 0 Å². The molecule has 0 aromatic heterocycles. The van der Waals surface area contributed by atoms with E-state index in [1.807, 2.05) is 25.0 Å². The Morgan fingerprint density at radius 1 is 0.870 bits per heavy atom. The predicted molar refractivity (Wildman–Crippen MR) is 101 cm³/mol. The fourth-order valence-electron chi connectivity index (χ4n) is 2.24. The maximum atomic E-state index is 9.58. The largest absolute Gasteiger partial charge is 0.508 e. The van der Waals surface area contributed by atoms with Gasteiger partial charge in [-0.15, -0.1) is 0 Å². The number of para-hydroxylation sites is 1. The minimum atomic E-state index is 0.452. The van der Waals surface area contributed by atoms with Gasteiger partial charge in [-0.05, 0) is 37.6 Å². The van der Waals surface area contributed by atoms with Crippen molar-refractivity contribution < 1.29 is 9.90 Å². The van der Waals surface area contributed by atoms with E-state index < -0.39 is 0 Å². The van der Waals surface area contributed by atoms with Crippen molar-refractivity contribution in [1.82, 2.24) is 5.32 Å². The van der Waals surface area contributed by atoms with Crippen LogP contribution in [0, 0.1) is 0 Å². The quantitative estimate of drug-likeness (QED) is 0.588.